The van der Waals surface area contributed by atoms with E-state index in [0.29, 0.717) is 12.3 Å². The Morgan fingerprint density at radius 3 is 3.18 bits per heavy atom. The molecule has 0 saturated heterocycles. The fraction of sp³-hybridized carbons (Fsp3) is 0.750. The third-order valence-electron chi connectivity index (χ3n) is 1.81. The maximum atomic E-state index is 10.3. The Hall–Kier alpha value is -0.700. The standard InChI is InChI=1S/C8H14N2O/c1-2-3-4-8-9-5-7(6-11)10-8/h6,8-9H,2-5H2,1H3. The van der Waals surface area contributed by atoms with Crippen LogP contribution in [-0.2, 0) is 4.79 Å². The molecule has 0 fully saturated rings. The van der Waals surface area contributed by atoms with Gasteiger partial charge in [-0.05, 0) is 6.42 Å². The van der Waals surface area contributed by atoms with Gasteiger partial charge in [-0.1, -0.05) is 19.8 Å². The maximum absolute atomic E-state index is 10.3. The van der Waals surface area contributed by atoms with E-state index in [0.717, 1.165) is 12.7 Å². The van der Waals surface area contributed by atoms with Crippen LogP contribution in [0.4, 0.5) is 0 Å². The minimum absolute atomic E-state index is 0.204. The van der Waals surface area contributed by atoms with Gasteiger partial charge in [0.25, 0.3) is 0 Å². The summed E-state index contributed by atoms with van der Waals surface area (Å²) in [6.07, 6.45) is 4.44. The molecule has 1 unspecified atom stereocenters. The molecule has 0 aromatic heterocycles. The quantitative estimate of drug-likeness (QED) is 0.607. The molecule has 0 amide bonds. The van der Waals surface area contributed by atoms with E-state index in [1.807, 2.05) is 0 Å². The molecule has 1 aliphatic heterocycles. The molecule has 1 rings (SSSR count). The smallest absolute Gasteiger partial charge is 0.165 e. The van der Waals surface area contributed by atoms with Crippen LogP contribution in [0.1, 0.15) is 26.2 Å². The van der Waals surface area contributed by atoms with Crippen LogP contribution in [0, 0.1) is 0 Å². The monoisotopic (exact) mass is 154 g/mol. The van der Waals surface area contributed by atoms with Gasteiger partial charge in [-0.2, -0.15) is 0 Å². The average Bonchev–Trinajstić information content (AvgIpc) is 2.48. The van der Waals surface area contributed by atoms with Crippen molar-refractivity contribution in [1.29, 1.82) is 0 Å². The van der Waals surface area contributed by atoms with E-state index in [-0.39, 0.29) is 6.17 Å². The second-order valence-electron chi connectivity index (χ2n) is 2.78. The summed E-state index contributed by atoms with van der Waals surface area (Å²) in [4.78, 5) is 14.4. The van der Waals surface area contributed by atoms with Crippen LogP contribution in [0.25, 0.3) is 0 Å². The van der Waals surface area contributed by atoms with Crippen molar-refractivity contribution in [2.45, 2.75) is 32.4 Å². The zero-order valence-electron chi connectivity index (χ0n) is 6.84. The SMILES string of the molecule is CCCCC1N=C(C=O)CN1. The highest BCUT2D eigenvalue weighted by atomic mass is 16.1. The molecule has 1 atom stereocenters. The molecule has 0 aromatic rings. The molecule has 0 aromatic carbocycles. The summed E-state index contributed by atoms with van der Waals surface area (Å²) in [6.45, 7) is 2.80. The highest BCUT2D eigenvalue weighted by Gasteiger charge is 2.14. The first kappa shape index (κ1) is 8.40. The van der Waals surface area contributed by atoms with Crippen molar-refractivity contribution in [2.24, 2.45) is 4.99 Å². The normalized spacial score (nSPS) is 23.4. The summed E-state index contributed by atoms with van der Waals surface area (Å²) >= 11 is 0. The largest absolute Gasteiger partial charge is 0.296 e. The number of aldehydes is 1. The molecule has 0 bridgehead atoms. The minimum Gasteiger partial charge on any atom is -0.296 e. The van der Waals surface area contributed by atoms with Crippen LogP contribution in [0.2, 0.25) is 0 Å². The summed E-state index contributed by atoms with van der Waals surface area (Å²) in [5, 5.41) is 3.16. The van der Waals surface area contributed by atoms with E-state index >= 15 is 0 Å². The number of hydrogen-bond acceptors (Lipinski definition) is 3. The molecular weight excluding hydrogens is 140 g/mol. The summed E-state index contributed by atoms with van der Waals surface area (Å²) in [6, 6.07) is 0. The molecular formula is C8H14N2O. The summed E-state index contributed by atoms with van der Waals surface area (Å²) < 4.78 is 0. The third kappa shape index (κ3) is 2.42. The number of carbonyl (C=O) groups is 1. The van der Waals surface area contributed by atoms with Crippen LogP contribution in [0.15, 0.2) is 4.99 Å². The third-order valence-corrected chi connectivity index (χ3v) is 1.81. The van der Waals surface area contributed by atoms with Crippen molar-refractivity contribution in [1.82, 2.24) is 5.32 Å². The summed E-state index contributed by atoms with van der Waals surface area (Å²) in [7, 11) is 0. The lowest BCUT2D eigenvalue weighted by molar-refractivity contribution is -0.102. The lowest BCUT2D eigenvalue weighted by Gasteiger charge is -2.04. The predicted octanol–water partition coefficient (Wildman–Crippen LogP) is 0.746. The van der Waals surface area contributed by atoms with Gasteiger partial charge < -0.3 is 0 Å². The van der Waals surface area contributed by atoms with Gasteiger partial charge in [-0.25, -0.2) is 0 Å². The second-order valence-corrected chi connectivity index (χ2v) is 2.78. The molecule has 11 heavy (non-hydrogen) atoms. The van der Waals surface area contributed by atoms with Gasteiger partial charge in [-0.15, -0.1) is 0 Å². The second kappa shape index (κ2) is 4.23. The Bertz CT molecular complexity index is 165. The number of hydrogen-bond donors (Lipinski definition) is 1. The molecule has 0 aliphatic carbocycles. The van der Waals surface area contributed by atoms with Gasteiger partial charge in [-0.3, -0.25) is 15.1 Å². The Labute approximate surface area is 66.9 Å². The topological polar surface area (TPSA) is 41.5 Å². The highest BCUT2D eigenvalue weighted by molar-refractivity contribution is 6.29. The number of carbonyl (C=O) groups excluding carboxylic acids is 1. The van der Waals surface area contributed by atoms with E-state index < -0.39 is 0 Å². The van der Waals surface area contributed by atoms with Crippen molar-refractivity contribution < 1.29 is 4.79 Å². The first-order valence-electron chi connectivity index (χ1n) is 4.12. The van der Waals surface area contributed by atoms with E-state index in [9.17, 15) is 4.79 Å². The van der Waals surface area contributed by atoms with Crippen molar-refractivity contribution in [3.63, 3.8) is 0 Å². The summed E-state index contributed by atoms with van der Waals surface area (Å²) in [5.74, 6) is 0. The number of nitrogens with one attached hydrogen (secondary N) is 1. The van der Waals surface area contributed by atoms with Crippen molar-refractivity contribution >= 4 is 12.0 Å². The fourth-order valence-electron chi connectivity index (χ4n) is 1.15. The zero-order chi connectivity index (χ0) is 8.10. The lowest BCUT2D eigenvalue weighted by atomic mass is 10.2. The first-order chi connectivity index (χ1) is 5.36. The van der Waals surface area contributed by atoms with Crippen LogP contribution < -0.4 is 5.32 Å². The Balaban J connectivity index is 2.28. The molecule has 1 N–H and O–H groups in total. The molecule has 0 spiro atoms. The van der Waals surface area contributed by atoms with Gasteiger partial charge >= 0.3 is 0 Å². The van der Waals surface area contributed by atoms with Gasteiger partial charge in [0.1, 0.15) is 6.17 Å². The van der Waals surface area contributed by atoms with Crippen LogP contribution >= 0.6 is 0 Å². The van der Waals surface area contributed by atoms with Crippen molar-refractivity contribution in [2.75, 3.05) is 6.54 Å². The highest BCUT2D eigenvalue weighted by Crippen LogP contribution is 2.05. The predicted molar refractivity (Wildman–Crippen MR) is 44.8 cm³/mol. The minimum atomic E-state index is 0.204. The average molecular weight is 154 g/mol. The van der Waals surface area contributed by atoms with Crippen molar-refractivity contribution in [3.05, 3.63) is 0 Å². The molecule has 0 saturated carbocycles. The van der Waals surface area contributed by atoms with Gasteiger partial charge in [0.05, 0.1) is 5.71 Å². The first-order valence-corrected chi connectivity index (χ1v) is 4.12. The maximum Gasteiger partial charge on any atom is 0.165 e. The number of aliphatic imine (C=N–C) groups is 1. The Morgan fingerprint density at radius 1 is 1.82 bits per heavy atom. The Morgan fingerprint density at radius 2 is 2.64 bits per heavy atom. The molecule has 1 aliphatic rings. The number of rotatable bonds is 4. The van der Waals surface area contributed by atoms with Crippen LogP contribution in [0.5, 0.6) is 0 Å². The molecule has 1 heterocycles. The van der Waals surface area contributed by atoms with E-state index in [1.54, 1.807) is 0 Å². The Kier molecular flexibility index (Phi) is 3.23. The molecule has 3 heteroatoms. The van der Waals surface area contributed by atoms with E-state index in [2.05, 4.69) is 17.2 Å². The van der Waals surface area contributed by atoms with E-state index in [4.69, 9.17) is 0 Å². The number of nitrogens with zero attached hydrogens (tertiary/aromatic N) is 1. The zero-order valence-corrected chi connectivity index (χ0v) is 6.84. The molecule has 62 valence electrons. The van der Waals surface area contributed by atoms with Crippen LogP contribution in [-0.4, -0.2) is 24.7 Å². The summed E-state index contributed by atoms with van der Waals surface area (Å²) in [5.41, 5.74) is 0.658. The van der Waals surface area contributed by atoms with Gasteiger partial charge in [0.2, 0.25) is 0 Å². The van der Waals surface area contributed by atoms with E-state index in [1.165, 1.54) is 12.8 Å². The van der Waals surface area contributed by atoms with Gasteiger partial charge in [0, 0.05) is 6.54 Å². The lowest BCUT2D eigenvalue weighted by Crippen LogP contribution is -2.23. The number of unbranched alkanes of at least 4 members (excludes halogenated alkanes) is 1. The van der Waals surface area contributed by atoms with Crippen LogP contribution in [0.3, 0.4) is 0 Å². The molecule has 0 radical (unpaired) electrons. The fourth-order valence-corrected chi connectivity index (χ4v) is 1.15. The van der Waals surface area contributed by atoms with Gasteiger partial charge in [0.15, 0.2) is 6.29 Å². The van der Waals surface area contributed by atoms with Crippen molar-refractivity contribution in [3.8, 4) is 0 Å². The molecule has 3 nitrogen and oxygen atoms in total.